The summed E-state index contributed by atoms with van der Waals surface area (Å²) in [4.78, 5) is 30.2. The maximum atomic E-state index is 13.2. The van der Waals surface area contributed by atoms with Crippen molar-refractivity contribution in [3.63, 3.8) is 0 Å². The Morgan fingerprint density at radius 3 is 2.42 bits per heavy atom. The fraction of sp³-hybridized carbons (Fsp3) is 0.192. The zero-order valence-corrected chi connectivity index (χ0v) is 19.0. The molecule has 7 heteroatoms. The second-order valence-electron chi connectivity index (χ2n) is 7.69. The van der Waals surface area contributed by atoms with Crippen LogP contribution in [0.1, 0.15) is 23.2 Å². The number of carbonyl (C=O) groups is 1. The Hall–Kier alpha value is -3.64. The SMILES string of the molecule is COc1ccc(CNC(=O)CCc2nc3ccccc3n(Cc3ccc(Cl)cc3)c2=O)cc1. The molecule has 1 aromatic heterocycles. The predicted molar refractivity (Wildman–Crippen MR) is 130 cm³/mol. The Kier molecular flexibility index (Phi) is 7.05. The van der Waals surface area contributed by atoms with E-state index in [1.807, 2.05) is 60.7 Å². The number of fused-ring (bicyclic) bond motifs is 1. The van der Waals surface area contributed by atoms with Crippen LogP contribution in [0.5, 0.6) is 5.75 Å². The first-order valence-corrected chi connectivity index (χ1v) is 11.0. The number of hydrogen-bond acceptors (Lipinski definition) is 4. The van der Waals surface area contributed by atoms with Gasteiger partial charge >= 0.3 is 0 Å². The van der Waals surface area contributed by atoms with E-state index < -0.39 is 0 Å². The summed E-state index contributed by atoms with van der Waals surface area (Å²) < 4.78 is 6.85. The summed E-state index contributed by atoms with van der Waals surface area (Å²) in [6.07, 6.45) is 0.441. The van der Waals surface area contributed by atoms with Crippen molar-refractivity contribution in [1.29, 1.82) is 0 Å². The van der Waals surface area contributed by atoms with Gasteiger partial charge in [-0.1, -0.05) is 48.0 Å². The number of rotatable bonds is 8. The molecule has 0 aliphatic rings. The third kappa shape index (κ3) is 5.59. The molecule has 0 aliphatic carbocycles. The van der Waals surface area contributed by atoms with Gasteiger partial charge in [0.05, 0.1) is 24.7 Å². The van der Waals surface area contributed by atoms with Gasteiger partial charge in [-0.2, -0.15) is 0 Å². The number of nitrogens with one attached hydrogen (secondary N) is 1. The average Bonchev–Trinajstić information content (AvgIpc) is 2.85. The van der Waals surface area contributed by atoms with Gasteiger partial charge in [-0.25, -0.2) is 4.98 Å². The molecule has 3 aromatic carbocycles. The van der Waals surface area contributed by atoms with Crippen LogP contribution in [-0.4, -0.2) is 22.6 Å². The van der Waals surface area contributed by atoms with Crippen molar-refractivity contribution < 1.29 is 9.53 Å². The Morgan fingerprint density at radius 1 is 1.00 bits per heavy atom. The van der Waals surface area contributed by atoms with Crippen LogP contribution in [0.25, 0.3) is 11.0 Å². The minimum Gasteiger partial charge on any atom is -0.497 e. The predicted octanol–water partition coefficient (Wildman–Crippen LogP) is 4.36. The zero-order chi connectivity index (χ0) is 23.2. The lowest BCUT2D eigenvalue weighted by Crippen LogP contribution is -2.28. The van der Waals surface area contributed by atoms with Gasteiger partial charge in [0.15, 0.2) is 0 Å². The Balaban J connectivity index is 1.49. The number of aromatic nitrogens is 2. The third-order valence-corrected chi connectivity index (χ3v) is 5.66. The zero-order valence-electron chi connectivity index (χ0n) is 18.3. The highest BCUT2D eigenvalue weighted by molar-refractivity contribution is 6.30. The van der Waals surface area contributed by atoms with E-state index in [-0.39, 0.29) is 24.3 Å². The van der Waals surface area contributed by atoms with Gasteiger partial charge in [-0.05, 0) is 47.5 Å². The van der Waals surface area contributed by atoms with Gasteiger partial charge in [0.2, 0.25) is 5.91 Å². The number of para-hydroxylation sites is 2. The summed E-state index contributed by atoms with van der Waals surface area (Å²) in [7, 11) is 1.61. The quantitative estimate of drug-likeness (QED) is 0.423. The van der Waals surface area contributed by atoms with Crippen molar-refractivity contribution in [2.24, 2.45) is 0 Å². The van der Waals surface area contributed by atoms with Gasteiger partial charge in [0.1, 0.15) is 11.4 Å². The molecule has 1 heterocycles. The monoisotopic (exact) mass is 461 g/mol. The highest BCUT2D eigenvalue weighted by Gasteiger charge is 2.13. The minimum atomic E-state index is -0.188. The molecule has 1 amide bonds. The first-order chi connectivity index (χ1) is 16.0. The molecule has 0 radical (unpaired) electrons. The summed E-state index contributed by atoms with van der Waals surface area (Å²) in [6, 6.07) is 22.4. The molecule has 1 N–H and O–H groups in total. The number of aryl methyl sites for hydroxylation is 1. The molecule has 4 rings (SSSR count). The lowest BCUT2D eigenvalue weighted by atomic mass is 10.1. The molecular formula is C26H24ClN3O3. The van der Waals surface area contributed by atoms with Crippen molar-refractivity contribution in [2.75, 3.05) is 7.11 Å². The number of ether oxygens (including phenoxy) is 1. The number of hydrogen-bond donors (Lipinski definition) is 1. The summed E-state index contributed by atoms with van der Waals surface area (Å²) >= 11 is 5.99. The second-order valence-corrected chi connectivity index (χ2v) is 8.13. The molecule has 4 aromatic rings. The van der Waals surface area contributed by atoms with E-state index in [4.69, 9.17) is 16.3 Å². The lowest BCUT2D eigenvalue weighted by Gasteiger charge is -2.13. The molecule has 0 saturated heterocycles. The minimum absolute atomic E-state index is 0.135. The number of halogens is 1. The van der Waals surface area contributed by atoms with E-state index >= 15 is 0 Å². The molecule has 0 saturated carbocycles. The van der Waals surface area contributed by atoms with Crippen LogP contribution in [0.4, 0.5) is 0 Å². The van der Waals surface area contributed by atoms with Crippen LogP contribution in [0, 0.1) is 0 Å². The van der Waals surface area contributed by atoms with Gasteiger partial charge in [0.25, 0.3) is 5.56 Å². The number of benzene rings is 3. The van der Waals surface area contributed by atoms with Crippen LogP contribution in [0.2, 0.25) is 5.02 Å². The summed E-state index contributed by atoms with van der Waals surface area (Å²) in [5.74, 6) is 0.631. The van der Waals surface area contributed by atoms with Gasteiger partial charge < -0.3 is 14.6 Å². The highest BCUT2D eigenvalue weighted by Crippen LogP contribution is 2.15. The smallest absolute Gasteiger partial charge is 0.273 e. The van der Waals surface area contributed by atoms with Crippen LogP contribution < -0.4 is 15.6 Å². The molecule has 6 nitrogen and oxygen atoms in total. The van der Waals surface area contributed by atoms with E-state index in [1.54, 1.807) is 23.8 Å². The van der Waals surface area contributed by atoms with Crippen LogP contribution in [0.15, 0.2) is 77.6 Å². The van der Waals surface area contributed by atoms with Gasteiger partial charge in [-0.3, -0.25) is 9.59 Å². The molecule has 0 atom stereocenters. The van der Waals surface area contributed by atoms with Crippen LogP contribution >= 0.6 is 11.6 Å². The standard InChI is InChI=1S/C26H24ClN3O3/c1-33-21-12-8-18(9-13-21)16-28-25(31)15-14-23-26(32)30(17-19-6-10-20(27)11-7-19)24-5-3-2-4-22(24)29-23/h2-13H,14-17H2,1H3,(H,28,31). The van der Waals surface area contributed by atoms with Crippen molar-refractivity contribution in [1.82, 2.24) is 14.9 Å². The molecule has 0 unspecified atom stereocenters. The van der Waals surface area contributed by atoms with Gasteiger partial charge in [0, 0.05) is 24.4 Å². The van der Waals surface area contributed by atoms with Crippen molar-refractivity contribution in [3.8, 4) is 5.75 Å². The molecule has 0 aliphatic heterocycles. The maximum absolute atomic E-state index is 13.2. The first-order valence-electron chi connectivity index (χ1n) is 10.7. The molecule has 0 fully saturated rings. The van der Waals surface area contributed by atoms with Crippen molar-refractivity contribution in [3.05, 3.63) is 105 Å². The molecule has 0 spiro atoms. The number of carbonyl (C=O) groups excluding carboxylic acids is 1. The number of amides is 1. The first kappa shape index (κ1) is 22.6. The van der Waals surface area contributed by atoms with E-state index in [0.29, 0.717) is 23.8 Å². The van der Waals surface area contributed by atoms with Gasteiger partial charge in [-0.15, -0.1) is 0 Å². The Labute approximate surface area is 196 Å². The highest BCUT2D eigenvalue weighted by atomic mass is 35.5. The Bertz CT molecular complexity index is 1320. The van der Waals surface area contributed by atoms with Crippen molar-refractivity contribution >= 4 is 28.5 Å². The molecular weight excluding hydrogens is 438 g/mol. The van der Waals surface area contributed by atoms with Crippen molar-refractivity contribution in [2.45, 2.75) is 25.9 Å². The topological polar surface area (TPSA) is 73.2 Å². The fourth-order valence-corrected chi connectivity index (χ4v) is 3.73. The fourth-order valence-electron chi connectivity index (χ4n) is 3.60. The lowest BCUT2D eigenvalue weighted by molar-refractivity contribution is -0.121. The molecule has 33 heavy (non-hydrogen) atoms. The molecule has 168 valence electrons. The van der Waals surface area contributed by atoms with E-state index in [9.17, 15) is 9.59 Å². The maximum Gasteiger partial charge on any atom is 0.273 e. The van der Waals surface area contributed by atoms with E-state index in [0.717, 1.165) is 27.9 Å². The number of methoxy groups -OCH3 is 1. The van der Waals surface area contributed by atoms with E-state index in [1.165, 1.54) is 0 Å². The normalized spacial score (nSPS) is 10.8. The second kappa shape index (κ2) is 10.3. The Morgan fingerprint density at radius 2 is 1.70 bits per heavy atom. The summed E-state index contributed by atoms with van der Waals surface area (Å²) in [5.41, 5.74) is 3.60. The third-order valence-electron chi connectivity index (χ3n) is 5.41. The summed E-state index contributed by atoms with van der Waals surface area (Å²) in [5, 5.41) is 3.54. The largest absolute Gasteiger partial charge is 0.497 e. The number of nitrogens with zero attached hydrogens (tertiary/aromatic N) is 2. The average molecular weight is 462 g/mol. The van der Waals surface area contributed by atoms with E-state index in [2.05, 4.69) is 10.3 Å². The van der Waals surface area contributed by atoms with Crippen LogP contribution in [-0.2, 0) is 24.3 Å². The molecule has 0 bridgehead atoms. The summed E-state index contributed by atoms with van der Waals surface area (Å²) in [6.45, 7) is 0.810. The van der Waals surface area contributed by atoms with Crippen LogP contribution in [0.3, 0.4) is 0 Å².